The van der Waals surface area contributed by atoms with Crippen LogP contribution in [0.3, 0.4) is 0 Å². The Morgan fingerprint density at radius 1 is 1.12 bits per heavy atom. The van der Waals surface area contributed by atoms with Gasteiger partial charge in [0.2, 0.25) is 0 Å². The summed E-state index contributed by atoms with van der Waals surface area (Å²) in [7, 11) is -3.76. The quantitative estimate of drug-likeness (QED) is 0.532. The predicted octanol–water partition coefficient (Wildman–Crippen LogP) is 5.29. The number of nitrogens with one attached hydrogen (secondary N) is 1. The fourth-order valence-corrected chi connectivity index (χ4v) is 4.40. The fourth-order valence-electron chi connectivity index (χ4n) is 2.96. The van der Waals surface area contributed by atoms with E-state index in [1.165, 1.54) is 44.2 Å². The van der Waals surface area contributed by atoms with Crippen LogP contribution < -0.4 is 5.32 Å². The van der Waals surface area contributed by atoms with Crippen LogP contribution in [-0.4, -0.2) is 29.4 Å². The number of rotatable bonds is 5. The lowest BCUT2D eigenvalue weighted by molar-refractivity contribution is -0.137. The third-order valence-corrected chi connectivity index (χ3v) is 7.16. The number of sulfone groups is 1. The molecule has 0 spiro atoms. The van der Waals surface area contributed by atoms with Crippen LogP contribution in [0.4, 0.5) is 19.0 Å². The van der Waals surface area contributed by atoms with Gasteiger partial charge in [0.05, 0.1) is 37.7 Å². The van der Waals surface area contributed by atoms with E-state index in [0.717, 1.165) is 22.9 Å². The third-order valence-electron chi connectivity index (χ3n) is 4.63. The van der Waals surface area contributed by atoms with Gasteiger partial charge in [0.1, 0.15) is 5.82 Å². The Bertz CT molecular complexity index is 1280. The topological polar surface area (TPSA) is 81.1 Å². The predicted molar refractivity (Wildman–Crippen MR) is 115 cm³/mol. The third kappa shape index (κ3) is 4.66. The van der Waals surface area contributed by atoms with E-state index in [1.54, 1.807) is 6.92 Å². The molecule has 1 aromatic heterocycles. The summed E-state index contributed by atoms with van der Waals surface area (Å²) in [5, 5.41) is 5.91. The standard InChI is InChI=1S/C21H19ClF3N3O3S/c1-12(2)32(30,31)18-7-5-4-6-15(18)20(29)26-19-10-13(3)27-28(19)17-11-14(21(23,24)25)8-9-16(17)22/h4-12H,1-3H3,(H,26,29). The van der Waals surface area contributed by atoms with Crippen molar-refractivity contribution in [2.75, 3.05) is 5.32 Å². The van der Waals surface area contributed by atoms with Crippen LogP contribution in [0.15, 0.2) is 53.4 Å². The first-order valence-corrected chi connectivity index (χ1v) is 11.3. The zero-order valence-electron chi connectivity index (χ0n) is 17.2. The van der Waals surface area contributed by atoms with E-state index in [4.69, 9.17) is 11.6 Å². The van der Waals surface area contributed by atoms with Crippen molar-refractivity contribution in [3.05, 3.63) is 70.4 Å². The molecular weight excluding hydrogens is 467 g/mol. The lowest BCUT2D eigenvalue weighted by Gasteiger charge is -2.15. The molecule has 1 amide bonds. The molecule has 3 aromatic rings. The van der Waals surface area contributed by atoms with Gasteiger partial charge in [-0.25, -0.2) is 13.1 Å². The van der Waals surface area contributed by atoms with Gasteiger partial charge in [-0.1, -0.05) is 23.7 Å². The zero-order chi connectivity index (χ0) is 23.8. The van der Waals surface area contributed by atoms with Crippen molar-refractivity contribution in [3.8, 4) is 5.69 Å². The number of hydrogen-bond acceptors (Lipinski definition) is 4. The first-order chi connectivity index (χ1) is 14.8. The maximum absolute atomic E-state index is 13.2. The van der Waals surface area contributed by atoms with Gasteiger partial charge in [-0.15, -0.1) is 0 Å². The molecule has 3 rings (SSSR count). The van der Waals surface area contributed by atoms with Gasteiger partial charge in [-0.2, -0.15) is 18.3 Å². The van der Waals surface area contributed by atoms with Crippen LogP contribution in [0.5, 0.6) is 0 Å². The molecule has 1 N–H and O–H groups in total. The smallest absolute Gasteiger partial charge is 0.306 e. The molecule has 0 unspecified atom stereocenters. The molecular formula is C21H19ClF3N3O3S. The van der Waals surface area contributed by atoms with Crippen molar-refractivity contribution in [2.45, 2.75) is 37.1 Å². The second kappa shape index (κ2) is 8.59. The van der Waals surface area contributed by atoms with Crippen LogP contribution >= 0.6 is 11.6 Å². The van der Waals surface area contributed by atoms with Crippen molar-refractivity contribution in [1.82, 2.24) is 9.78 Å². The van der Waals surface area contributed by atoms with E-state index in [0.29, 0.717) is 5.69 Å². The summed E-state index contributed by atoms with van der Waals surface area (Å²) in [6.45, 7) is 4.58. The fraction of sp³-hybridized carbons (Fsp3) is 0.238. The van der Waals surface area contributed by atoms with E-state index in [1.807, 2.05) is 0 Å². The van der Waals surface area contributed by atoms with Gasteiger partial charge < -0.3 is 5.32 Å². The largest absolute Gasteiger partial charge is 0.416 e. The molecule has 6 nitrogen and oxygen atoms in total. The van der Waals surface area contributed by atoms with Gasteiger partial charge in [-0.05, 0) is 51.1 Å². The van der Waals surface area contributed by atoms with Crippen molar-refractivity contribution < 1.29 is 26.4 Å². The molecule has 0 atom stereocenters. The summed E-state index contributed by atoms with van der Waals surface area (Å²) >= 11 is 6.12. The van der Waals surface area contributed by atoms with Crippen LogP contribution in [0.25, 0.3) is 5.69 Å². The van der Waals surface area contributed by atoms with E-state index < -0.39 is 32.7 Å². The number of hydrogen-bond donors (Lipinski definition) is 1. The van der Waals surface area contributed by atoms with Gasteiger partial charge >= 0.3 is 6.18 Å². The Balaban J connectivity index is 2.06. The molecule has 32 heavy (non-hydrogen) atoms. The second-order valence-corrected chi connectivity index (χ2v) is 10.2. The number of nitrogens with zero attached hydrogens (tertiary/aromatic N) is 2. The summed E-state index contributed by atoms with van der Waals surface area (Å²) < 4.78 is 65.9. The molecule has 11 heteroatoms. The second-order valence-electron chi connectivity index (χ2n) is 7.29. The lowest BCUT2D eigenvalue weighted by atomic mass is 10.2. The van der Waals surface area contributed by atoms with E-state index >= 15 is 0 Å². The lowest BCUT2D eigenvalue weighted by Crippen LogP contribution is -2.21. The zero-order valence-corrected chi connectivity index (χ0v) is 18.8. The van der Waals surface area contributed by atoms with Crippen LogP contribution in [0, 0.1) is 6.92 Å². The van der Waals surface area contributed by atoms with Crippen LogP contribution in [0.2, 0.25) is 5.02 Å². The molecule has 0 fully saturated rings. The maximum Gasteiger partial charge on any atom is 0.416 e. The number of aryl methyl sites for hydroxylation is 1. The Hall–Kier alpha value is -2.85. The minimum atomic E-state index is -4.60. The van der Waals surface area contributed by atoms with Gasteiger partial charge in [0.15, 0.2) is 9.84 Å². The number of carbonyl (C=O) groups is 1. The van der Waals surface area contributed by atoms with Crippen molar-refractivity contribution in [1.29, 1.82) is 0 Å². The van der Waals surface area contributed by atoms with Crippen molar-refractivity contribution in [2.24, 2.45) is 0 Å². The Kier molecular flexibility index (Phi) is 6.39. The molecule has 0 aliphatic heterocycles. The van der Waals surface area contributed by atoms with Gasteiger partial charge in [0, 0.05) is 6.07 Å². The number of carbonyl (C=O) groups excluding carboxylic acids is 1. The Labute approximate surface area is 187 Å². The van der Waals surface area contributed by atoms with Gasteiger partial charge in [-0.3, -0.25) is 4.79 Å². The molecule has 1 heterocycles. The van der Waals surface area contributed by atoms with Crippen molar-refractivity contribution >= 4 is 33.2 Å². The first kappa shape index (κ1) is 23.8. The Morgan fingerprint density at radius 2 is 1.78 bits per heavy atom. The number of alkyl halides is 3. The van der Waals surface area contributed by atoms with Crippen LogP contribution in [0.1, 0.15) is 35.5 Å². The van der Waals surface area contributed by atoms with Crippen molar-refractivity contribution in [3.63, 3.8) is 0 Å². The molecule has 0 aliphatic carbocycles. The number of amides is 1. The summed E-state index contributed by atoms with van der Waals surface area (Å²) in [5.74, 6) is -0.723. The van der Waals surface area contributed by atoms with Crippen LogP contribution in [-0.2, 0) is 16.0 Å². The molecule has 0 saturated carbocycles. The molecule has 170 valence electrons. The highest BCUT2D eigenvalue weighted by atomic mass is 35.5. The molecule has 0 saturated heterocycles. The molecule has 0 bridgehead atoms. The highest BCUT2D eigenvalue weighted by molar-refractivity contribution is 7.92. The highest BCUT2D eigenvalue weighted by Gasteiger charge is 2.32. The minimum Gasteiger partial charge on any atom is -0.306 e. The monoisotopic (exact) mass is 485 g/mol. The first-order valence-electron chi connectivity index (χ1n) is 9.40. The minimum absolute atomic E-state index is 0.0145. The molecule has 0 aliphatic rings. The highest BCUT2D eigenvalue weighted by Crippen LogP contribution is 2.34. The van der Waals surface area contributed by atoms with Gasteiger partial charge in [0.25, 0.3) is 5.91 Å². The average molecular weight is 486 g/mol. The molecule has 0 radical (unpaired) electrons. The maximum atomic E-state index is 13.2. The Morgan fingerprint density at radius 3 is 2.41 bits per heavy atom. The van der Waals surface area contributed by atoms with E-state index in [9.17, 15) is 26.4 Å². The summed E-state index contributed by atoms with van der Waals surface area (Å²) in [6.07, 6.45) is -4.60. The van der Waals surface area contributed by atoms with E-state index in [-0.39, 0.29) is 27.0 Å². The average Bonchev–Trinajstić information content (AvgIpc) is 3.07. The summed E-state index contributed by atoms with van der Waals surface area (Å²) in [6, 6.07) is 9.89. The number of benzene rings is 2. The number of anilines is 1. The number of halogens is 4. The molecule has 2 aromatic carbocycles. The SMILES string of the molecule is Cc1cc(NC(=O)c2ccccc2S(=O)(=O)C(C)C)n(-c2cc(C(F)(F)F)ccc2Cl)n1. The number of aromatic nitrogens is 2. The summed E-state index contributed by atoms with van der Waals surface area (Å²) in [5.41, 5.74) is -0.720. The summed E-state index contributed by atoms with van der Waals surface area (Å²) in [4.78, 5) is 12.8. The normalized spacial score (nSPS) is 12.2. The van der Waals surface area contributed by atoms with E-state index in [2.05, 4.69) is 10.4 Å².